The number of likely N-dealkylation sites (N-methyl/N-ethyl adjacent to an activating group) is 1. The van der Waals surface area contributed by atoms with Crippen molar-refractivity contribution in [3.8, 4) is 0 Å². The zero-order valence-corrected chi connectivity index (χ0v) is 11.5. The van der Waals surface area contributed by atoms with E-state index in [0.29, 0.717) is 17.8 Å². The first kappa shape index (κ1) is 11.9. The molecule has 2 bridgehead atoms. The molecule has 1 amide bonds. The molecule has 2 aliphatic heterocycles. The predicted molar refractivity (Wildman–Crippen MR) is 76.6 cm³/mol. The molecule has 5 heteroatoms. The molecule has 2 fully saturated rings. The van der Waals surface area contributed by atoms with Crippen LogP contribution in [0.5, 0.6) is 0 Å². The van der Waals surface area contributed by atoms with E-state index in [1.165, 1.54) is 0 Å². The quantitative estimate of drug-likeness (QED) is 0.854. The molecule has 1 aromatic heterocycles. The Kier molecular flexibility index (Phi) is 2.57. The maximum absolute atomic E-state index is 12.9. The molecule has 104 valence electrons. The molecule has 2 atom stereocenters. The van der Waals surface area contributed by atoms with Gasteiger partial charge in [-0.3, -0.25) is 9.89 Å². The number of fused-ring (bicyclic) bond motifs is 3. The molecule has 0 aliphatic carbocycles. The average molecular weight is 270 g/mol. The van der Waals surface area contributed by atoms with Crippen LogP contribution >= 0.6 is 0 Å². The first-order valence-corrected chi connectivity index (χ1v) is 7.18. The van der Waals surface area contributed by atoms with Crippen molar-refractivity contribution in [1.82, 2.24) is 20.0 Å². The van der Waals surface area contributed by atoms with Gasteiger partial charge in [-0.1, -0.05) is 18.2 Å². The van der Waals surface area contributed by atoms with Crippen molar-refractivity contribution in [3.63, 3.8) is 0 Å². The lowest BCUT2D eigenvalue weighted by atomic mass is 10.1. The molecule has 1 N–H and O–H groups in total. The highest BCUT2D eigenvalue weighted by atomic mass is 16.2. The smallest absolute Gasteiger partial charge is 0.275 e. The maximum Gasteiger partial charge on any atom is 0.275 e. The number of para-hydroxylation sites is 1. The Labute approximate surface area is 117 Å². The molecule has 1 aromatic carbocycles. The lowest BCUT2D eigenvalue weighted by molar-refractivity contribution is 0.0469. The van der Waals surface area contributed by atoms with Gasteiger partial charge in [0, 0.05) is 30.6 Å². The summed E-state index contributed by atoms with van der Waals surface area (Å²) in [6.45, 7) is 1.95. The summed E-state index contributed by atoms with van der Waals surface area (Å²) in [5.74, 6) is 0.0862. The van der Waals surface area contributed by atoms with Gasteiger partial charge in [-0.05, 0) is 26.0 Å². The van der Waals surface area contributed by atoms with E-state index in [1.807, 2.05) is 24.3 Å². The minimum atomic E-state index is 0.0862. The lowest BCUT2D eigenvalue weighted by Gasteiger charge is -2.39. The fourth-order valence-electron chi connectivity index (χ4n) is 3.69. The van der Waals surface area contributed by atoms with Crippen LogP contribution in [0.2, 0.25) is 0 Å². The Balaban J connectivity index is 1.71. The van der Waals surface area contributed by atoms with Gasteiger partial charge in [0.2, 0.25) is 0 Å². The van der Waals surface area contributed by atoms with Gasteiger partial charge >= 0.3 is 0 Å². The number of benzene rings is 1. The molecule has 2 unspecified atom stereocenters. The van der Waals surface area contributed by atoms with E-state index >= 15 is 0 Å². The van der Waals surface area contributed by atoms with Crippen LogP contribution in [-0.2, 0) is 0 Å². The van der Waals surface area contributed by atoms with Crippen molar-refractivity contribution in [2.45, 2.75) is 24.9 Å². The monoisotopic (exact) mass is 270 g/mol. The Hall–Kier alpha value is -1.88. The van der Waals surface area contributed by atoms with Crippen LogP contribution in [0.4, 0.5) is 0 Å². The fraction of sp³-hybridized carbons (Fsp3) is 0.467. The van der Waals surface area contributed by atoms with Crippen LogP contribution in [-0.4, -0.2) is 58.1 Å². The minimum absolute atomic E-state index is 0.0862. The van der Waals surface area contributed by atoms with E-state index in [4.69, 9.17) is 0 Å². The van der Waals surface area contributed by atoms with Gasteiger partial charge in [-0.2, -0.15) is 5.10 Å². The molecule has 2 saturated heterocycles. The zero-order chi connectivity index (χ0) is 13.7. The van der Waals surface area contributed by atoms with Crippen LogP contribution in [0.25, 0.3) is 10.9 Å². The van der Waals surface area contributed by atoms with E-state index in [1.54, 1.807) is 0 Å². The van der Waals surface area contributed by atoms with Crippen molar-refractivity contribution < 1.29 is 4.79 Å². The predicted octanol–water partition coefficient (Wildman–Crippen LogP) is 1.48. The second kappa shape index (κ2) is 4.31. The topological polar surface area (TPSA) is 52.2 Å². The maximum atomic E-state index is 12.9. The van der Waals surface area contributed by atoms with Crippen molar-refractivity contribution in [2.75, 3.05) is 20.1 Å². The summed E-state index contributed by atoms with van der Waals surface area (Å²) in [5.41, 5.74) is 1.50. The third-order valence-corrected chi connectivity index (χ3v) is 4.57. The Bertz CT molecular complexity index is 651. The Morgan fingerprint density at radius 2 is 1.95 bits per heavy atom. The summed E-state index contributed by atoms with van der Waals surface area (Å²) < 4.78 is 0. The second-order valence-corrected chi connectivity index (χ2v) is 5.94. The summed E-state index contributed by atoms with van der Waals surface area (Å²) in [6.07, 6.45) is 2.23. The van der Waals surface area contributed by atoms with Gasteiger partial charge in [0.05, 0.1) is 5.52 Å². The number of hydrogen-bond acceptors (Lipinski definition) is 3. The van der Waals surface area contributed by atoms with Crippen LogP contribution in [0, 0.1) is 0 Å². The fourth-order valence-corrected chi connectivity index (χ4v) is 3.69. The Morgan fingerprint density at radius 3 is 2.70 bits per heavy atom. The molecular formula is C15H18N4O. The number of likely N-dealkylation sites (tertiary alicyclic amines) is 1. The molecular weight excluding hydrogens is 252 g/mol. The van der Waals surface area contributed by atoms with Gasteiger partial charge in [0.15, 0.2) is 5.69 Å². The molecule has 20 heavy (non-hydrogen) atoms. The van der Waals surface area contributed by atoms with Gasteiger partial charge in [-0.15, -0.1) is 0 Å². The minimum Gasteiger partial charge on any atom is -0.329 e. The summed E-state index contributed by atoms with van der Waals surface area (Å²) in [7, 11) is 2.14. The number of aromatic amines is 1. The number of nitrogens with one attached hydrogen (secondary N) is 1. The van der Waals surface area contributed by atoms with E-state index in [2.05, 4.69) is 27.0 Å². The van der Waals surface area contributed by atoms with Gasteiger partial charge in [-0.25, -0.2) is 0 Å². The number of rotatable bonds is 1. The van der Waals surface area contributed by atoms with E-state index in [-0.39, 0.29) is 5.91 Å². The number of amides is 1. The molecule has 2 aromatic rings. The number of aromatic nitrogens is 2. The van der Waals surface area contributed by atoms with E-state index < -0.39 is 0 Å². The van der Waals surface area contributed by atoms with Crippen LogP contribution in [0.15, 0.2) is 24.3 Å². The molecule has 4 rings (SSSR count). The van der Waals surface area contributed by atoms with Crippen LogP contribution in [0.3, 0.4) is 0 Å². The van der Waals surface area contributed by atoms with Gasteiger partial charge in [0.1, 0.15) is 0 Å². The largest absolute Gasteiger partial charge is 0.329 e. The summed E-state index contributed by atoms with van der Waals surface area (Å²) in [5, 5.41) is 8.14. The number of nitrogens with zero attached hydrogens (tertiary/aromatic N) is 3. The standard InChI is InChI=1S/C15H18N4O/c1-18-8-10-6-7-11(9-18)19(10)15(20)14-12-4-2-3-5-13(12)16-17-14/h2-5,10-11H,6-9H2,1H3,(H,16,17). The van der Waals surface area contributed by atoms with E-state index in [9.17, 15) is 4.79 Å². The first-order chi connectivity index (χ1) is 9.74. The highest BCUT2D eigenvalue weighted by molar-refractivity contribution is 6.05. The first-order valence-electron chi connectivity index (χ1n) is 7.18. The highest BCUT2D eigenvalue weighted by Gasteiger charge is 2.42. The van der Waals surface area contributed by atoms with Gasteiger partial charge in [0.25, 0.3) is 5.91 Å². The molecule has 5 nitrogen and oxygen atoms in total. The number of H-pyrrole nitrogens is 1. The summed E-state index contributed by atoms with van der Waals surface area (Å²) >= 11 is 0. The van der Waals surface area contributed by atoms with Crippen molar-refractivity contribution in [3.05, 3.63) is 30.0 Å². The van der Waals surface area contributed by atoms with Crippen molar-refractivity contribution in [2.24, 2.45) is 0 Å². The third kappa shape index (κ3) is 1.66. The molecule has 0 spiro atoms. The van der Waals surface area contributed by atoms with Crippen LogP contribution in [0.1, 0.15) is 23.3 Å². The molecule has 2 aliphatic rings. The Morgan fingerprint density at radius 1 is 1.25 bits per heavy atom. The number of carbonyl (C=O) groups is 1. The number of hydrogen-bond donors (Lipinski definition) is 1. The molecule has 0 radical (unpaired) electrons. The van der Waals surface area contributed by atoms with Gasteiger partial charge < -0.3 is 9.80 Å². The van der Waals surface area contributed by atoms with Crippen molar-refractivity contribution in [1.29, 1.82) is 0 Å². The summed E-state index contributed by atoms with van der Waals surface area (Å²) in [6, 6.07) is 8.52. The van der Waals surface area contributed by atoms with Crippen molar-refractivity contribution >= 4 is 16.8 Å². The second-order valence-electron chi connectivity index (χ2n) is 5.94. The lowest BCUT2D eigenvalue weighted by Crippen LogP contribution is -2.54. The third-order valence-electron chi connectivity index (χ3n) is 4.57. The number of piperazine rings is 1. The van der Waals surface area contributed by atoms with Crippen LogP contribution < -0.4 is 0 Å². The number of carbonyl (C=O) groups excluding carboxylic acids is 1. The normalized spacial score (nSPS) is 26.4. The molecule has 3 heterocycles. The SMILES string of the molecule is CN1CC2CCC(C1)N2C(=O)c1n[nH]c2ccccc12. The average Bonchev–Trinajstić information content (AvgIpc) is 2.98. The molecule has 0 saturated carbocycles. The van der Waals surface area contributed by atoms with E-state index in [0.717, 1.165) is 36.8 Å². The summed E-state index contributed by atoms with van der Waals surface area (Å²) in [4.78, 5) is 17.3. The highest BCUT2D eigenvalue weighted by Crippen LogP contribution is 2.31. The zero-order valence-electron chi connectivity index (χ0n) is 11.5.